The number of hydrogen-bond donors (Lipinski definition) is 5. The molecule has 0 atom stereocenters. The summed E-state index contributed by atoms with van der Waals surface area (Å²) in [5.41, 5.74) is 19.1. The van der Waals surface area contributed by atoms with Crippen molar-refractivity contribution in [3.8, 4) is 0 Å². The fourth-order valence-corrected chi connectivity index (χ4v) is 4.91. The summed E-state index contributed by atoms with van der Waals surface area (Å²) in [7, 11) is 0. The number of carbonyl (C=O) groups excluding carboxylic acids is 1. The molecule has 0 saturated heterocycles. The first kappa shape index (κ1) is 32.0. The molecule has 0 aromatic heterocycles. The van der Waals surface area contributed by atoms with Gasteiger partial charge in [-0.05, 0) is 110 Å². The summed E-state index contributed by atoms with van der Waals surface area (Å²) in [6, 6.07) is 22.6. The summed E-state index contributed by atoms with van der Waals surface area (Å²) in [4.78, 5) is 35.8. The zero-order valence-corrected chi connectivity index (χ0v) is 25.5. The number of benzene rings is 4. The largest absolute Gasteiger partial charge is 0.478 e. The van der Waals surface area contributed by atoms with Crippen LogP contribution in [0.1, 0.15) is 15.9 Å². The van der Waals surface area contributed by atoms with Crippen molar-refractivity contribution in [1.82, 2.24) is 0 Å². The summed E-state index contributed by atoms with van der Waals surface area (Å²) in [5.74, 6) is -2.91. The van der Waals surface area contributed by atoms with Crippen LogP contribution >= 0.6 is 11.8 Å². The van der Waals surface area contributed by atoms with E-state index in [1.54, 1.807) is 13.0 Å². The van der Waals surface area contributed by atoms with Crippen molar-refractivity contribution in [2.24, 2.45) is 25.6 Å². The highest BCUT2D eigenvalue weighted by Crippen LogP contribution is 2.41. The highest BCUT2D eigenvalue weighted by molar-refractivity contribution is 7.99. The third-order valence-electron chi connectivity index (χ3n) is 6.65. The molecule has 0 unspecified atom stereocenters. The summed E-state index contributed by atoms with van der Waals surface area (Å²) < 4.78 is 0. The molecule has 1 aliphatic rings. The number of nitrogen functional groups attached to an aromatic ring is 2. The van der Waals surface area contributed by atoms with E-state index in [0.29, 0.717) is 39.7 Å². The minimum Gasteiger partial charge on any atom is -0.478 e. The molecule has 5 rings (SSSR count). The van der Waals surface area contributed by atoms with Crippen molar-refractivity contribution in [3.05, 3.63) is 114 Å². The zero-order chi connectivity index (χ0) is 33.5. The number of allylic oxidation sites excluding steroid dienone is 3. The van der Waals surface area contributed by atoms with E-state index in [0.717, 1.165) is 9.79 Å². The average Bonchev–Trinajstić information content (AvgIpc) is 3.06. The van der Waals surface area contributed by atoms with Gasteiger partial charge in [0.2, 0.25) is 0 Å². The number of aryl methyl sites for hydroxylation is 1. The molecule has 0 aliphatic heterocycles. The molecule has 1 aliphatic carbocycles. The number of nitrogens with zero attached hydrogens (tertiary/aromatic N) is 5. The molecule has 7 N–H and O–H groups in total. The number of nitrogens with two attached hydrogens (primary N) is 2. The summed E-state index contributed by atoms with van der Waals surface area (Å²) in [5, 5.41) is 39.3. The predicted octanol–water partition coefficient (Wildman–Crippen LogP) is 7.76. The fraction of sp³-hybridized carbons (Fsp3) is 0.0303. The standard InChI is InChI=1S/C33H26N8O5S/c1-18-16-27(30(35)31(29(18)34)41-38-20-4-2-19(3-5-20)32(43)44)40-37-22-8-13-25(14-9-22)47-24-11-6-21(7-12-24)36-39-23-10-15-28(42)26(17-23)33(45)46/h2-17,36H,34-35H2,1H3,(H,43,44)(H,45,46)/b39-23+,40-37?,41-38?. The number of anilines is 3. The van der Waals surface area contributed by atoms with Crippen molar-refractivity contribution < 1.29 is 24.6 Å². The van der Waals surface area contributed by atoms with Gasteiger partial charge in [-0.3, -0.25) is 10.2 Å². The number of aliphatic carboxylic acids is 1. The Morgan fingerprint density at radius 3 is 1.96 bits per heavy atom. The molecule has 234 valence electrons. The Morgan fingerprint density at radius 1 is 0.745 bits per heavy atom. The van der Waals surface area contributed by atoms with Crippen LogP contribution in [0.3, 0.4) is 0 Å². The number of ketones is 1. The Bertz CT molecular complexity index is 2020. The molecule has 0 radical (unpaired) electrons. The van der Waals surface area contributed by atoms with E-state index in [9.17, 15) is 14.4 Å². The van der Waals surface area contributed by atoms with Crippen molar-refractivity contribution in [2.45, 2.75) is 16.7 Å². The number of rotatable bonds is 10. The molecule has 0 bridgehead atoms. The number of carboxylic acids is 2. The van der Waals surface area contributed by atoms with Crippen molar-refractivity contribution >= 4 is 75.0 Å². The Balaban J connectivity index is 1.22. The van der Waals surface area contributed by atoms with E-state index in [1.165, 1.54) is 54.3 Å². The summed E-state index contributed by atoms with van der Waals surface area (Å²) in [6.07, 6.45) is 3.83. The van der Waals surface area contributed by atoms with Gasteiger partial charge in [0, 0.05) is 9.79 Å². The molecule has 4 aromatic rings. The molecule has 47 heavy (non-hydrogen) atoms. The number of carbonyl (C=O) groups is 3. The van der Waals surface area contributed by atoms with Gasteiger partial charge in [-0.1, -0.05) is 11.8 Å². The van der Waals surface area contributed by atoms with E-state index in [1.807, 2.05) is 48.5 Å². The maximum atomic E-state index is 11.6. The van der Waals surface area contributed by atoms with Crippen molar-refractivity contribution in [3.63, 3.8) is 0 Å². The third kappa shape index (κ3) is 8.01. The second-order valence-corrected chi connectivity index (χ2v) is 11.1. The van der Waals surface area contributed by atoms with Crippen LogP contribution < -0.4 is 16.9 Å². The van der Waals surface area contributed by atoms with E-state index in [2.05, 4.69) is 31.0 Å². The van der Waals surface area contributed by atoms with Crippen LogP contribution in [0.15, 0.2) is 138 Å². The van der Waals surface area contributed by atoms with Crippen LogP contribution in [0.25, 0.3) is 0 Å². The molecule has 0 heterocycles. The number of carboxylic acid groups (broad SMARTS) is 2. The van der Waals surface area contributed by atoms with E-state index in [-0.39, 0.29) is 22.5 Å². The van der Waals surface area contributed by atoms with Gasteiger partial charge in [-0.15, -0.1) is 10.2 Å². The number of nitrogens with one attached hydrogen (secondary N) is 1. The number of hydrogen-bond acceptors (Lipinski definition) is 12. The number of hydrazone groups is 1. The fourth-order valence-electron chi connectivity index (χ4n) is 4.09. The van der Waals surface area contributed by atoms with E-state index < -0.39 is 17.7 Å². The minimum absolute atomic E-state index is 0.134. The molecule has 14 heteroatoms. The maximum absolute atomic E-state index is 11.6. The lowest BCUT2D eigenvalue weighted by Crippen LogP contribution is -2.15. The normalized spacial score (nSPS) is 13.8. The lowest BCUT2D eigenvalue weighted by molar-refractivity contribution is -0.134. The second-order valence-electron chi connectivity index (χ2n) is 9.97. The molecular weight excluding hydrogens is 620 g/mol. The lowest BCUT2D eigenvalue weighted by Gasteiger charge is -2.09. The van der Waals surface area contributed by atoms with Crippen LogP contribution in [-0.2, 0) is 9.59 Å². The predicted molar refractivity (Wildman–Crippen MR) is 180 cm³/mol. The van der Waals surface area contributed by atoms with Gasteiger partial charge < -0.3 is 21.7 Å². The zero-order valence-electron chi connectivity index (χ0n) is 24.7. The quantitative estimate of drug-likeness (QED) is 0.0373. The molecule has 0 fully saturated rings. The van der Waals surface area contributed by atoms with Gasteiger partial charge in [0.15, 0.2) is 5.78 Å². The van der Waals surface area contributed by atoms with Gasteiger partial charge in [0.1, 0.15) is 16.9 Å². The summed E-state index contributed by atoms with van der Waals surface area (Å²) in [6.45, 7) is 1.79. The minimum atomic E-state index is -1.30. The van der Waals surface area contributed by atoms with Crippen LogP contribution in [0.4, 0.5) is 39.8 Å². The highest BCUT2D eigenvalue weighted by atomic mass is 32.2. The van der Waals surface area contributed by atoms with E-state index >= 15 is 0 Å². The van der Waals surface area contributed by atoms with Crippen LogP contribution in [-0.4, -0.2) is 33.6 Å². The SMILES string of the molecule is Cc1cc(N=Nc2ccc(Sc3ccc(N/N=C4\C=CC(=O)C(C(=O)O)=C4)cc3)cc2)c(N)c(N=Nc2ccc(C(=O)O)cc2)c1N. The monoisotopic (exact) mass is 646 g/mol. The van der Waals surface area contributed by atoms with Gasteiger partial charge in [0.05, 0.1) is 39.7 Å². The van der Waals surface area contributed by atoms with Crippen LogP contribution in [0.2, 0.25) is 0 Å². The number of azo groups is 2. The third-order valence-corrected chi connectivity index (χ3v) is 7.67. The first-order chi connectivity index (χ1) is 22.6. The Hall–Kier alpha value is -6.41. The van der Waals surface area contributed by atoms with Crippen molar-refractivity contribution in [1.29, 1.82) is 0 Å². The lowest BCUT2D eigenvalue weighted by atomic mass is 10.0. The Labute approximate surface area is 272 Å². The van der Waals surface area contributed by atoms with E-state index in [4.69, 9.17) is 21.7 Å². The Morgan fingerprint density at radius 2 is 1.34 bits per heavy atom. The van der Waals surface area contributed by atoms with Crippen LogP contribution in [0, 0.1) is 6.92 Å². The number of aromatic carboxylic acids is 1. The molecule has 13 nitrogen and oxygen atoms in total. The molecule has 0 saturated carbocycles. The van der Waals surface area contributed by atoms with Gasteiger partial charge in [-0.25, -0.2) is 9.59 Å². The highest BCUT2D eigenvalue weighted by Gasteiger charge is 2.18. The first-order valence-corrected chi connectivity index (χ1v) is 14.6. The Kier molecular flexibility index (Phi) is 9.62. The molecule has 0 amide bonds. The van der Waals surface area contributed by atoms with Crippen molar-refractivity contribution in [2.75, 3.05) is 16.9 Å². The van der Waals surface area contributed by atoms with Gasteiger partial charge in [0.25, 0.3) is 0 Å². The second kappa shape index (κ2) is 14.1. The topological polar surface area (TPSA) is 218 Å². The first-order valence-electron chi connectivity index (χ1n) is 13.8. The molecule has 0 spiro atoms. The smallest absolute Gasteiger partial charge is 0.339 e. The van der Waals surface area contributed by atoms with Gasteiger partial charge >= 0.3 is 11.9 Å². The average molecular weight is 647 g/mol. The van der Waals surface area contributed by atoms with Crippen LogP contribution in [0.5, 0.6) is 0 Å². The molecular formula is C33H26N8O5S. The summed E-state index contributed by atoms with van der Waals surface area (Å²) >= 11 is 1.54. The molecule has 4 aromatic carbocycles. The van der Waals surface area contributed by atoms with Gasteiger partial charge in [-0.2, -0.15) is 15.3 Å². The maximum Gasteiger partial charge on any atom is 0.339 e.